The Morgan fingerprint density at radius 2 is 1.74 bits per heavy atom. The molecule has 2 rings (SSSR count). The molecule has 0 saturated heterocycles. The molecule has 0 saturated carbocycles. The van der Waals surface area contributed by atoms with Crippen molar-refractivity contribution in [3.05, 3.63) is 59.7 Å². The van der Waals surface area contributed by atoms with Crippen LogP contribution in [0.5, 0.6) is 5.75 Å². The molecule has 0 atom stereocenters. The van der Waals surface area contributed by atoms with Gasteiger partial charge in [-0.3, -0.25) is 4.99 Å². The predicted octanol–water partition coefficient (Wildman–Crippen LogP) is 2.51. The first-order valence-corrected chi connectivity index (χ1v) is 5.90. The summed E-state index contributed by atoms with van der Waals surface area (Å²) in [4.78, 5) is 4.29. The number of benzene rings is 2. The number of rotatable bonds is 2. The van der Waals surface area contributed by atoms with Crippen LogP contribution in [0.4, 0.5) is 5.69 Å². The third kappa shape index (κ3) is 5.61. The van der Waals surface area contributed by atoms with Crippen LogP contribution in [0.2, 0.25) is 0 Å². The molecule has 0 aliphatic heterocycles. The van der Waals surface area contributed by atoms with E-state index in [0.29, 0.717) is 0 Å². The van der Waals surface area contributed by atoms with Crippen LogP contribution in [-0.2, 0) is 21.0 Å². The van der Waals surface area contributed by atoms with Crippen molar-refractivity contribution < 1.29 is 31.6 Å². The third-order valence-corrected chi connectivity index (χ3v) is 2.29. The molecule has 19 heavy (non-hydrogen) atoms. The molecule has 0 radical (unpaired) electrons. The molecule has 0 heterocycles. The molecule has 0 amide bonds. The van der Waals surface area contributed by atoms with E-state index < -0.39 is 0 Å². The molecule has 99 valence electrons. The van der Waals surface area contributed by atoms with Gasteiger partial charge < -0.3 is 10.6 Å². The maximum absolute atomic E-state index is 9.62. The summed E-state index contributed by atoms with van der Waals surface area (Å²) in [5.74, 6) is 0.255. The molecular weight excluding hydrogens is 281 g/mol. The van der Waals surface area contributed by atoms with Crippen LogP contribution in [0, 0.1) is 6.92 Å². The summed E-state index contributed by atoms with van der Waals surface area (Å²) in [6.45, 7) is 1.99. The molecule has 0 spiro atoms. The number of aliphatic imine (C=N–C) groups is 1. The first-order valence-electron chi connectivity index (χ1n) is 5.33. The van der Waals surface area contributed by atoms with Crippen LogP contribution < -0.4 is 0 Å². The van der Waals surface area contributed by atoms with Crippen LogP contribution in [-0.4, -0.2) is 16.8 Å². The molecule has 0 bridgehead atoms. The minimum absolute atomic E-state index is 0. The van der Waals surface area contributed by atoms with Gasteiger partial charge >= 0.3 is 21.0 Å². The fourth-order valence-electron chi connectivity index (χ4n) is 1.44. The summed E-state index contributed by atoms with van der Waals surface area (Å²) in [6.07, 6.45) is 1.68. The minimum atomic E-state index is 0. The van der Waals surface area contributed by atoms with Gasteiger partial charge in [0.25, 0.3) is 0 Å². The maximum atomic E-state index is 9.62. The number of para-hydroxylation sites is 1. The van der Waals surface area contributed by atoms with Gasteiger partial charge in [-0.1, -0.05) is 29.8 Å². The van der Waals surface area contributed by atoms with Crippen molar-refractivity contribution >= 4 is 11.9 Å². The molecule has 4 nitrogen and oxygen atoms in total. The van der Waals surface area contributed by atoms with Crippen molar-refractivity contribution in [2.45, 2.75) is 6.92 Å². The van der Waals surface area contributed by atoms with Crippen molar-refractivity contribution in [1.29, 1.82) is 0 Å². The van der Waals surface area contributed by atoms with Crippen molar-refractivity contribution in [3.8, 4) is 5.75 Å². The summed E-state index contributed by atoms with van der Waals surface area (Å²) in [5, 5.41) is 9.62. The SMILES string of the molecule is Cc1ccc(O)c(C=Nc2ccccc2)c1.O.[O]=[V]. The number of hydrogen-bond acceptors (Lipinski definition) is 3. The van der Waals surface area contributed by atoms with Crippen LogP contribution in [0.25, 0.3) is 0 Å². The van der Waals surface area contributed by atoms with Crippen molar-refractivity contribution in [2.75, 3.05) is 0 Å². The molecule has 0 fully saturated rings. The van der Waals surface area contributed by atoms with Crippen LogP contribution in [0.1, 0.15) is 11.1 Å². The van der Waals surface area contributed by atoms with E-state index in [0.717, 1.165) is 34.2 Å². The second kappa shape index (κ2) is 9.22. The van der Waals surface area contributed by atoms with Gasteiger partial charge in [0, 0.05) is 11.8 Å². The van der Waals surface area contributed by atoms with Gasteiger partial charge in [-0.2, -0.15) is 0 Å². The van der Waals surface area contributed by atoms with E-state index >= 15 is 0 Å². The standard InChI is InChI=1S/C14H13NO.H2O.O.V/c1-11-7-8-14(16)12(9-11)10-15-13-5-3-2-4-6-13;;;/h2-10,16H,1H3;1H2;;. The van der Waals surface area contributed by atoms with E-state index in [1.54, 1.807) is 12.3 Å². The Morgan fingerprint density at radius 1 is 1.11 bits per heavy atom. The van der Waals surface area contributed by atoms with E-state index in [4.69, 9.17) is 3.67 Å². The van der Waals surface area contributed by atoms with E-state index in [1.807, 2.05) is 49.4 Å². The first kappa shape index (κ1) is 17.3. The molecule has 0 aliphatic carbocycles. The van der Waals surface area contributed by atoms with Gasteiger partial charge in [-0.05, 0) is 31.2 Å². The van der Waals surface area contributed by atoms with Gasteiger partial charge in [0.15, 0.2) is 0 Å². The van der Waals surface area contributed by atoms with E-state index in [2.05, 4.69) is 4.99 Å². The summed E-state index contributed by atoms with van der Waals surface area (Å²) >= 11 is 1.06. The molecule has 2 aromatic rings. The fourth-order valence-corrected chi connectivity index (χ4v) is 1.44. The Hall–Kier alpha value is -1.75. The van der Waals surface area contributed by atoms with Gasteiger partial charge in [0.05, 0.1) is 5.69 Å². The zero-order valence-electron chi connectivity index (χ0n) is 10.4. The van der Waals surface area contributed by atoms with Crippen molar-refractivity contribution in [3.63, 3.8) is 0 Å². The fraction of sp³-hybridized carbons (Fsp3) is 0.0714. The molecule has 2 aromatic carbocycles. The summed E-state index contributed by atoms with van der Waals surface area (Å²) in [5.41, 5.74) is 2.72. The Morgan fingerprint density at radius 3 is 2.37 bits per heavy atom. The monoisotopic (exact) mass is 296 g/mol. The van der Waals surface area contributed by atoms with Gasteiger partial charge in [0.1, 0.15) is 5.75 Å². The summed E-state index contributed by atoms with van der Waals surface area (Å²) in [6, 6.07) is 15.1. The third-order valence-electron chi connectivity index (χ3n) is 2.29. The molecule has 5 heteroatoms. The Kier molecular flexibility index (Phi) is 8.37. The second-order valence-corrected chi connectivity index (χ2v) is 3.66. The molecule has 0 aromatic heterocycles. The molecule has 0 unspecified atom stereocenters. The number of aryl methyl sites for hydroxylation is 1. The van der Waals surface area contributed by atoms with Gasteiger partial charge in [-0.25, -0.2) is 0 Å². The Labute approximate surface area is 121 Å². The van der Waals surface area contributed by atoms with E-state index in [9.17, 15) is 5.11 Å². The quantitative estimate of drug-likeness (QED) is 0.864. The zero-order chi connectivity index (χ0) is 13.4. The molecule has 0 aliphatic rings. The number of hydrogen-bond donors (Lipinski definition) is 1. The Bertz CT molecular complexity index is 529. The van der Waals surface area contributed by atoms with Crippen molar-refractivity contribution in [1.82, 2.24) is 0 Å². The van der Waals surface area contributed by atoms with Gasteiger partial charge in [0.2, 0.25) is 0 Å². The predicted molar refractivity (Wildman–Crippen MR) is 70.8 cm³/mol. The van der Waals surface area contributed by atoms with Crippen LogP contribution in [0.15, 0.2) is 53.5 Å². The number of phenolic OH excluding ortho intramolecular Hbond substituents is 1. The van der Waals surface area contributed by atoms with Gasteiger partial charge in [-0.15, -0.1) is 0 Å². The van der Waals surface area contributed by atoms with E-state index in [1.165, 1.54) is 0 Å². The number of phenols is 1. The first-order chi connectivity index (χ1) is 8.75. The summed E-state index contributed by atoms with van der Waals surface area (Å²) < 4.78 is 8.19. The summed E-state index contributed by atoms with van der Waals surface area (Å²) in [7, 11) is 0. The topological polar surface area (TPSA) is 81.2 Å². The van der Waals surface area contributed by atoms with Crippen LogP contribution >= 0.6 is 0 Å². The van der Waals surface area contributed by atoms with E-state index in [-0.39, 0.29) is 11.2 Å². The van der Waals surface area contributed by atoms with Crippen LogP contribution in [0.3, 0.4) is 0 Å². The number of nitrogens with zero attached hydrogens (tertiary/aromatic N) is 1. The average Bonchev–Trinajstić information content (AvgIpc) is 2.43. The number of aromatic hydroxyl groups is 1. The zero-order valence-corrected chi connectivity index (χ0v) is 11.8. The van der Waals surface area contributed by atoms with Crippen molar-refractivity contribution in [2.24, 2.45) is 4.99 Å². The molecule has 3 N–H and O–H groups in total. The Balaban J connectivity index is 0.00000103. The average molecular weight is 296 g/mol. The molecular formula is C14H15NO3V. The second-order valence-electron chi connectivity index (χ2n) is 3.66. The normalized spacial score (nSPS) is 9.26.